The summed E-state index contributed by atoms with van der Waals surface area (Å²) in [6.45, 7) is 2.18. The molecule has 0 bridgehead atoms. The Labute approximate surface area is 111 Å². The zero-order valence-electron chi connectivity index (χ0n) is 10.3. The van der Waals surface area contributed by atoms with Crippen molar-refractivity contribution in [2.24, 2.45) is 0 Å². The molecule has 3 aromatic rings. The number of aromatic nitrogens is 1. The summed E-state index contributed by atoms with van der Waals surface area (Å²) >= 11 is 1.56. The fraction of sp³-hybridized carbons (Fsp3) is 0.188. The molecule has 2 aromatic carbocycles. The number of aryl methyl sites for hydroxylation is 1. The number of hydrogen-bond acceptors (Lipinski definition) is 2. The first-order valence-corrected chi connectivity index (χ1v) is 6.97. The summed E-state index contributed by atoms with van der Waals surface area (Å²) in [5.41, 5.74) is 3.84. The van der Waals surface area contributed by atoms with Gasteiger partial charge in [-0.2, -0.15) is 4.37 Å². The van der Waals surface area contributed by atoms with E-state index in [1.807, 2.05) is 12.1 Å². The normalized spacial score (nSPS) is 10.9. The Kier molecular flexibility index (Phi) is 3.11. The Morgan fingerprint density at radius 2 is 1.89 bits per heavy atom. The van der Waals surface area contributed by atoms with E-state index in [2.05, 4.69) is 47.7 Å². The maximum absolute atomic E-state index is 4.54. The molecule has 0 saturated carbocycles. The molecule has 0 fully saturated rings. The second-order valence-electron chi connectivity index (χ2n) is 4.39. The van der Waals surface area contributed by atoms with E-state index in [0.29, 0.717) is 0 Å². The Morgan fingerprint density at radius 1 is 1.11 bits per heavy atom. The summed E-state index contributed by atoms with van der Waals surface area (Å²) in [4.78, 5) is 0. The monoisotopic (exact) mass is 252 g/mol. The second-order valence-corrected chi connectivity index (χ2v) is 5.19. The lowest BCUT2D eigenvalue weighted by atomic mass is 10.0. The summed E-state index contributed by atoms with van der Waals surface area (Å²) in [6, 6.07) is 18.2. The van der Waals surface area contributed by atoms with Gasteiger partial charge in [-0.05, 0) is 41.2 Å². The molecule has 0 saturated heterocycles. The summed E-state index contributed by atoms with van der Waals surface area (Å²) in [7, 11) is 0. The lowest BCUT2D eigenvalue weighted by molar-refractivity contribution is 1.11. The third-order valence-electron chi connectivity index (χ3n) is 3.16. The van der Waals surface area contributed by atoms with Crippen molar-refractivity contribution in [1.29, 1.82) is 0 Å². The fourth-order valence-corrected chi connectivity index (χ4v) is 2.85. The van der Waals surface area contributed by atoms with E-state index < -0.39 is 0 Å². The molecule has 0 aliphatic rings. The molecule has 1 radical (unpaired) electrons. The van der Waals surface area contributed by atoms with Crippen LogP contribution in [0.3, 0.4) is 0 Å². The SMILES string of the molecule is CCc1ccc(Cc2nsc3ccc[c]c23)cc1. The zero-order valence-corrected chi connectivity index (χ0v) is 11.1. The van der Waals surface area contributed by atoms with E-state index in [0.717, 1.165) is 18.5 Å². The zero-order chi connectivity index (χ0) is 12.4. The number of fused-ring (bicyclic) bond motifs is 1. The molecular weight excluding hydrogens is 238 g/mol. The average Bonchev–Trinajstić information content (AvgIpc) is 2.83. The van der Waals surface area contributed by atoms with Crippen molar-refractivity contribution in [2.45, 2.75) is 19.8 Å². The smallest absolute Gasteiger partial charge is 0.0670 e. The second kappa shape index (κ2) is 4.91. The van der Waals surface area contributed by atoms with Crippen LogP contribution in [0.2, 0.25) is 0 Å². The maximum atomic E-state index is 4.54. The predicted octanol–water partition coefficient (Wildman–Crippen LogP) is 4.25. The highest BCUT2D eigenvalue weighted by Crippen LogP contribution is 2.23. The van der Waals surface area contributed by atoms with Crippen molar-refractivity contribution in [3.8, 4) is 0 Å². The molecule has 0 amide bonds. The van der Waals surface area contributed by atoms with Gasteiger partial charge in [-0.15, -0.1) is 0 Å². The van der Waals surface area contributed by atoms with Crippen LogP contribution in [-0.4, -0.2) is 4.37 Å². The maximum Gasteiger partial charge on any atom is 0.0670 e. The van der Waals surface area contributed by atoms with Crippen LogP contribution in [0.25, 0.3) is 10.1 Å². The molecule has 0 aliphatic carbocycles. The van der Waals surface area contributed by atoms with Crippen molar-refractivity contribution in [2.75, 3.05) is 0 Å². The molecule has 3 rings (SSSR count). The van der Waals surface area contributed by atoms with Gasteiger partial charge < -0.3 is 0 Å². The van der Waals surface area contributed by atoms with Gasteiger partial charge in [-0.1, -0.05) is 43.3 Å². The third kappa shape index (κ3) is 2.16. The lowest BCUT2D eigenvalue weighted by Gasteiger charge is -2.01. The molecule has 0 spiro atoms. The van der Waals surface area contributed by atoms with E-state index >= 15 is 0 Å². The molecule has 2 heteroatoms. The fourth-order valence-electron chi connectivity index (χ4n) is 2.08. The van der Waals surface area contributed by atoms with Gasteiger partial charge in [0, 0.05) is 11.8 Å². The van der Waals surface area contributed by atoms with Gasteiger partial charge in [0.2, 0.25) is 0 Å². The first-order chi connectivity index (χ1) is 8.86. The van der Waals surface area contributed by atoms with Crippen LogP contribution in [0.4, 0.5) is 0 Å². The molecule has 89 valence electrons. The van der Waals surface area contributed by atoms with Gasteiger partial charge in [-0.25, -0.2) is 0 Å². The summed E-state index contributed by atoms with van der Waals surface area (Å²) in [5, 5.41) is 1.17. The Morgan fingerprint density at radius 3 is 2.67 bits per heavy atom. The minimum absolute atomic E-state index is 0.893. The number of hydrogen-bond donors (Lipinski definition) is 0. The molecule has 0 aliphatic heterocycles. The highest BCUT2D eigenvalue weighted by atomic mass is 32.1. The molecule has 0 atom stereocenters. The topological polar surface area (TPSA) is 12.9 Å². The lowest BCUT2D eigenvalue weighted by Crippen LogP contribution is -1.89. The van der Waals surface area contributed by atoms with Crippen LogP contribution in [0.5, 0.6) is 0 Å². The van der Waals surface area contributed by atoms with Crippen LogP contribution in [0.1, 0.15) is 23.7 Å². The highest BCUT2D eigenvalue weighted by Gasteiger charge is 2.06. The molecule has 0 unspecified atom stereocenters. The van der Waals surface area contributed by atoms with Crippen molar-refractivity contribution < 1.29 is 0 Å². The predicted molar refractivity (Wildman–Crippen MR) is 77.1 cm³/mol. The Hall–Kier alpha value is -1.67. The number of rotatable bonds is 3. The van der Waals surface area contributed by atoms with Crippen LogP contribution >= 0.6 is 11.5 Å². The van der Waals surface area contributed by atoms with Crippen molar-refractivity contribution in [1.82, 2.24) is 4.37 Å². The molecule has 1 heterocycles. The van der Waals surface area contributed by atoms with Gasteiger partial charge in [0.05, 0.1) is 10.4 Å². The van der Waals surface area contributed by atoms with E-state index in [9.17, 15) is 0 Å². The number of benzene rings is 2. The standard InChI is InChI=1S/C16H14NS/c1-2-12-7-9-13(10-8-12)11-15-14-5-3-4-6-16(14)18-17-15/h3-4,6-10H,2,11H2,1H3. The Bertz CT molecular complexity index is 652. The quantitative estimate of drug-likeness (QED) is 0.679. The van der Waals surface area contributed by atoms with Crippen molar-refractivity contribution >= 4 is 21.6 Å². The number of nitrogens with zero attached hydrogens (tertiary/aromatic N) is 1. The van der Waals surface area contributed by atoms with Gasteiger partial charge >= 0.3 is 0 Å². The van der Waals surface area contributed by atoms with Crippen LogP contribution in [0.15, 0.2) is 42.5 Å². The van der Waals surface area contributed by atoms with E-state index in [-0.39, 0.29) is 0 Å². The summed E-state index contributed by atoms with van der Waals surface area (Å²) in [5.74, 6) is 0. The first-order valence-electron chi connectivity index (χ1n) is 6.19. The molecule has 0 N–H and O–H groups in total. The van der Waals surface area contributed by atoms with Crippen molar-refractivity contribution in [3.63, 3.8) is 0 Å². The van der Waals surface area contributed by atoms with Crippen LogP contribution < -0.4 is 0 Å². The first kappa shape index (κ1) is 11.4. The molecular formula is C16H14NS. The summed E-state index contributed by atoms with van der Waals surface area (Å²) < 4.78 is 5.76. The Balaban J connectivity index is 1.91. The van der Waals surface area contributed by atoms with E-state index in [4.69, 9.17) is 0 Å². The van der Waals surface area contributed by atoms with E-state index in [1.165, 1.54) is 21.2 Å². The van der Waals surface area contributed by atoms with Gasteiger partial charge in [0.15, 0.2) is 0 Å². The van der Waals surface area contributed by atoms with Crippen LogP contribution in [0, 0.1) is 6.07 Å². The molecule has 18 heavy (non-hydrogen) atoms. The minimum Gasteiger partial charge on any atom is -0.196 e. The third-order valence-corrected chi connectivity index (χ3v) is 4.01. The largest absolute Gasteiger partial charge is 0.196 e. The van der Waals surface area contributed by atoms with E-state index in [1.54, 1.807) is 11.5 Å². The van der Waals surface area contributed by atoms with Crippen LogP contribution in [-0.2, 0) is 12.8 Å². The van der Waals surface area contributed by atoms with Gasteiger partial charge in [0.1, 0.15) is 0 Å². The average molecular weight is 252 g/mol. The van der Waals surface area contributed by atoms with Gasteiger partial charge in [0.25, 0.3) is 0 Å². The summed E-state index contributed by atoms with van der Waals surface area (Å²) in [6.07, 6.45) is 1.98. The molecule has 1 aromatic heterocycles. The van der Waals surface area contributed by atoms with Crippen molar-refractivity contribution in [3.05, 3.63) is 65.4 Å². The molecule has 1 nitrogen and oxygen atoms in total. The minimum atomic E-state index is 0.893. The highest BCUT2D eigenvalue weighted by molar-refractivity contribution is 7.13. The van der Waals surface area contributed by atoms with Gasteiger partial charge in [-0.3, -0.25) is 0 Å².